The van der Waals surface area contributed by atoms with E-state index >= 15 is 0 Å². The van der Waals surface area contributed by atoms with E-state index in [0.717, 1.165) is 28.6 Å². The lowest BCUT2D eigenvalue weighted by Crippen LogP contribution is -2.43. The lowest BCUT2D eigenvalue weighted by molar-refractivity contribution is -0.0505. The van der Waals surface area contributed by atoms with Gasteiger partial charge in [-0.3, -0.25) is 14.3 Å². The Balaban J connectivity index is 1.71. The number of H-pyrrole nitrogens is 1. The van der Waals surface area contributed by atoms with Gasteiger partial charge in [0.25, 0.3) is 11.5 Å². The standard InChI is InChI=1S/C16H14F2N2O4S/c17-16(18)11(20-7-6-13(21)19-15(20)23)9-25-12(16)8-24-14(22)10-4-2-1-3-5-10/h1-7,11-12H,8-9H2,(H,19,21,23)/t11-,12+/m1/s1. The van der Waals surface area contributed by atoms with E-state index in [9.17, 15) is 23.2 Å². The molecule has 1 fully saturated rings. The molecule has 25 heavy (non-hydrogen) atoms. The number of rotatable bonds is 4. The first-order valence-electron chi connectivity index (χ1n) is 7.42. The number of thioether (sulfide) groups is 1. The van der Waals surface area contributed by atoms with Crippen molar-refractivity contribution in [2.75, 3.05) is 12.4 Å². The molecule has 9 heteroatoms. The molecule has 1 aromatic heterocycles. The van der Waals surface area contributed by atoms with E-state index in [-0.39, 0.29) is 11.3 Å². The molecule has 1 saturated heterocycles. The number of ether oxygens (including phenoxy) is 1. The number of nitrogens with one attached hydrogen (secondary N) is 1. The molecule has 1 aliphatic rings. The summed E-state index contributed by atoms with van der Waals surface area (Å²) in [7, 11) is 0. The molecule has 0 amide bonds. The minimum atomic E-state index is -3.27. The molecule has 3 rings (SSSR count). The summed E-state index contributed by atoms with van der Waals surface area (Å²) in [6.45, 7) is -0.472. The van der Waals surface area contributed by atoms with Crippen LogP contribution in [0.25, 0.3) is 0 Å². The zero-order valence-corrected chi connectivity index (χ0v) is 13.7. The van der Waals surface area contributed by atoms with Gasteiger partial charge >= 0.3 is 11.7 Å². The first-order valence-corrected chi connectivity index (χ1v) is 8.47. The number of esters is 1. The highest BCUT2D eigenvalue weighted by Gasteiger charge is 2.54. The lowest BCUT2D eigenvalue weighted by Gasteiger charge is -2.24. The van der Waals surface area contributed by atoms with Gasteiger partial charge in [0.15, 0.2) is 0 Å². The van der Waals surface area contributed by atoms with E-state index in [4.69, 9.17) is 4.74 Å². The van der Waals surface area contributed by atoms with Gasteiger partial charge in [0.1, 0.15) is 17.9 Å². The Hall–Kier alpha value is -2.42. The zero-order chi connectivity index (χ0) is 18.0. The number of hydrogen-bond donors (Lipinski definition) is 1. The van der Waals surface area contributed by atoms with Crippen molar-refractivity contribution in [2.45, 2.75) is 17.2 Å². The van der Waals surface area contributed by atoms with Crippen molar-refractivity contribution in [1.82, 2.24) is 9.55 Å². The van der Waals surface area contributed by atoms with Crippen LogP contribution in [0.2, 0.25) is 0 Å². The molecular weight excluding hydrogens is 354 g/mol. The van der Waals surface area contributed by atoms with Crippen molar-refractivity contribution in [3.05, 3.63) is 69.0 Å². The smallest absolute Gasteiger partial charge is 0.338 e. The molecule has 2 atom stereocenters. The van der Waals surface area contributed by atoms with Crippen LogP contribution in [-0.4, -0.2) is 39.1 Å². The Kier molecular flexibility index (Phi) is 4.76. The van der Waals surface area contributed by atoms with E-state index < -0.39 is 41.0 Å². The molecule has 1 aliphatic heterocycles. The van der Waals surface area contributed by atoms with E-state index in [1.165, 1.54) is 12.1 Å². The van der Waals surface area contributed by atoms with Crippen LogP contribution in [0.4, 0.5) is 8.78 Å². The minimum Gasteiger partial charge on any atom is -0.461 e. The van der Waals surface area contributed by atoms with Gasteiger partial charge < -0.3 is 4.74 Å². The molecule has 2 heterocycles. The van der Waals surface area contributed by atoms with Gasteiger partial charge in [-0.2, -0.15) is 0 Å². The molecule has 0 spiro atoms. The van der Waals surface area contributed by atoms with Crippen LogP contribution in [0.5, 0.6) is 0 Å². The lowest BCUT2D eigenvalue weighted by atomic mass is 10.1. The van der Waals surface area contributed by atoms with E-state index in [0.29, 0.717) is 0 Å². The topological polar surface area (TPSA) is 81.2 Å². The Morgan fingerprint density at radius 2 is 2.00 bits per heavy atom. The van der Waals surface area contributed by atoms with Crippen molar-refractivity contribution in [3.8, 4) is 0 Å². The zero-order valence-electron chi connectivity index (χ0n) is 12.9. The largest absolute Gasteiger partial charge is 0.461 e. The fourth-order valence-electron chi connectivity index (χ4n) is 2.55. The second kappa shape index (κ2) is 6.83. The second-order valence-corrected chi connectivity index (χ2v) is 6.73. The van der Waals surface area contributed by atoms with Gasteiger partial charge in [-0.05, 0) is 12.1 Å². The number of alkyl halides is 2. The van der Waals surface area contributed by atoms with Crippen LogP contribution >= 0.6 is 11.8 Å². The number of carbonyl (C=O) groups excluding carboxylic acids is 1. The van der Waals surface area contributed by atoms with Crippen molar-refractivity contribution in [1.29, 1.82) is 0 Å². The fourth-order valence-corrected chi connectivity index (χ4v) is 3.89. The highest BCUT2D eigenvalue weighted by atomic mass is 32.2. The van der Waals surface area contributed by atoms with Crippen molar-refractivity contribution in [3.63, 3.8) is 0 Å². The summed E-state index contributed by atoms with van der Waals surface area (Å²) in [4.78, 5) is 36.7. The summed E-state index contributed by atoms with van der Waals surface area (Å²) in [5.74, 6) is -3.99. The molecule has 0 aliphatic carbocycles. The maximum Gasteiger partial charge on any atom is 0.338 e. The first kappa shape index (κ1) is 17.4. The van der Waals surface area contributed by atoms with Crippen LogP contribution in [-0.2, 0) is 4.74 Å². The highest BCUT2D eigenvalue weighted by Crippen LogP contribution is 2.46. The molecule has 1 aromatic carbocycles. The highest BCUT2D eigenvalue weighted by molar-refractivity contribution is 8.00. The average Bonchev–Trinajstić information content (AvgIpc) is 2.88. The molecule has 0 unspecified atom stereocenters. The molecule has 2 aromatic rings. The van der Waals surface area contributed by atoms with E-state index in [1.54, 1.807) is 18.2 Å². The summed E-state index contributed by atoms with van der Waals surface area (Å²) in [6.07, 6.45) is 1.05. The predicted molar refractivity (Wildman–Crippen MR) is 88.3 cm³/mol. The van der Waals surface area contributed by atoms with Crippen LogP contribution in [0.3, 0.4) is 0 Å². The van der Waals surface area contributed by atoms with Crippen LogP contribution in [0.1, 0.15) is 16.4 Å². The molecule has 132 valence electrons. The summed E-state index contributed by atoms with van der Waals surface area (Å²) in [5.41, 5.74) is -1.26. The van der Waals surface area contributed by atoms with Crippen LogP contribution in [0.15, 0.2) is 52.2 Å². The average molecular weight is 368 g/mol. The quantitative estimate of drug-likeness (QED) is 0.831. The number of carbonyl (C=O) groups is 1. The summed E-state index contributed by atoms with van der Waals surface area (Å²) in [5, 5.41) is -1.27. The van der Waals surface area contributed by atoms with Crippen molar-refractivity contribution < 1.29 is 18.3 Å². The molecule has 0 radical (unpaired) electrons. The summed E-state index contributed by atoms with van der Waals surface area (Å²) >= 11 is 0.923. The number of aromatic nitrogens is 2. The Morgan fingerprint density at radius 1 is 1.28 bits per heavy atom. The first-order chi connectivity index (χ1) is 11.9. The normalized spacial score (nSPS) is 21.8. The molecule has 0 bridgehead atoms. The van der Waals surface area contributed by atoms with Gasteiger partial charge in [-0.15, -0.1) is 11.8 Å². The molecule has 1 N–H and O–H groups in total. The maximum atomic E-state index is 14.6. The SMILES string of the molecule is O=C(OC[C@@H]1SC[C@@H](n2ccc(=O)[nH]c2=O)C1(F)F)c1ccccc1. The number of hydrogen-bond acceptors (Lipinski definition) is 5. The molecule has 6 nitrogen and oxygen atoms in total. The second-order valence-electron chi connectivity index (χ2n) is 5.49. The van der Waals surface area contributed by atoms with Gasteiger partial charge in [-0.25, -0.2) is 18.4 Å². The van der Waals surface area contributed by atoms with Crippen LogP contribution in [0, 0.1) is 0 Å². The third-order valence-electron chi connectivity index (χ3n) is 3.89. The maximum absolute atomic E-state index is 14.6. The minimum absolute atomic E-state index is 0.0352. The fraction of sp³-hybridized carbons (Fsp3) is 0.312. The van der Waals surface area contributed by atoms with Gasteiger partial charge in [0, 0.05) is 18.0 Å². The summed E-state index contributed by atoms with van der Waals surface area (Å²) in [6, 6.07) is 7.69. The Bertz CT molecular complexity index is 881. The monoisotopic (exact) mass is 368 g/mol. The van der Waals surface area contributed by atoms with Crippen LogP contribution < -0.4 is 11.2 Å². The summed E-state index contributed by atoms with van der Waals surface area (Å²) < 4.78 is 35.1. The number of nitrogens with zero attached hydrogens (tertiary/aromatic N) is 1. The van der Waals surface area contributed by atoms with E-state index in [2.05, 4.69) is 0 Å². The third-order valence-corrected chi connectivity index (χ3v) is 5.25. The number of halogens is 2. The number of benzene rings is 1. The Morgan fingerprint density at radius 3 is 2.68 bits per heavy atom. The van der Waals surface area contributed by atoms with Gasteiger partial charge in [0.05, 0.1) is 5.56 Å². The molecular formula is C16H14F2N2O4S. The Labute approximate surface area is 144 Å². The van der Waals surface area contributed by atoms with Gasteiger partial charge in [0.2, 0.25) is 0 Å². The number of aromatic amines is 1. The van der Waals surface area contributed by atoms with Crippen molar-refractivity contribution in [2.24, 2.45) is 0 Å². The van der Waals surface area contributed by atoms with Gasteiger partial charge in [-0.1, -0.05) is 18.2 Å². The predicted octanol–water partition coefficient (Wildman–Crippen LogP) is 1.69. The third kappa shape index (κ3) is 3.51. The van der Waals surface area contributed by atoms with E-state index in [1.807, 2.05) is 4.98 Å². The molecule has 0 saturated carbocycles. The van der Waals surface area contributed by atoms with Crippen molar-refractivity contribution >= 4 is 17.7 Å².